The summed E-state index contributed by atoms with van der Waals surface area (Å²) in [4.78, 5) is 6.44. The molecule has 0 atom stereocenters. The van der Waals surface area contributed by atoms with Gasteiger partial charge in [-0.05, 0) is 132 Å². The highest BCUT2D eigenvalue weighted by atomic mass is 16.7. The lowest BCUT2D eigenvalue weighted by Crippen LogP contribution is -2.61. The van der Waals surface area contributed by atoms with Gasteiger partial charge in [-0.25, -0.2) is 0 Å². The van der Waals surface area contributed by atoms with Gasteiger partial charge in [-0.15, -0.1) is 6.58 Å². The molecule has 3 nitrogen and oxygen atoms in total. The SMILES string of the molecule is C=CCC/C=C\CCON1C(C)(C)CC(C2CCC(c3ccc(-c4ccc(OC)cc4)cc3)CC2)CC1(C)C. The monoisotopic (exact) mass is 529 g/mol. The van der Waals surface area contributed by atoms with Crippen molar-refractivity contribution in [1.29, 1.82) is 0 Å². The molecule has 2 aromatic carbocycles. The number of hydroxylamine groups is 2. The Balaban J connectivity index is 1.29. The second kappa shape index (κ2) is 13.3. The molecule has 0 radical (unpaired) electrons. The van der Waals surface area contributed by atoms with Crippen LogP contribution in [0.3, 0.4) is 0 Å². The number of piperidine rings is 1. The molecule has 1 heterocycles. The Morgan fingerprint density at radius 2 is 1.33 bits per heavy atom. The molecular formula is C36H51NO2. The Kier molecular flexibility index (Phi) is 10.1. The number of benzene rings is 2. The van der Waals surface area contributed by atoms with Crippen LogP contribution in [0.5, 0.6) is 5.75 Å². The Bertz CT molecular complexity index is 1040. The number of allylic oxidation sites excluding steroid dienone is 2. The summed E-state index contributed by atoms with van der Waals surface area (Å²) in [5.74, 6) is 3.19. The maximum absolute atomic E-state index is 6.44. The molecule has 2 aromatic rings. The Morgan fingerprint density at radius 1 is 0.769 bits per heavy atom. The minimum absolute atomic E-state index is 0.0487. The van der Waals surface area contributed by atoms with E-state index < -0.39 is 0 Å². The van der Waals surface area contributed by atoms with Crippen LogP contribution in [0.15, 0.2) is 73.3 Å². The van der Waals surface area contributed by atoms with Gasteiger partial charge in [0.1, 0.15) is 5.75 Å². The van der Waals surface area contributed by atoms with Crippen LogP contribution >= 0.6 is 0 Å². The summed E-state index contributed by atoms with van der Waals surface area (Å²) in [5, 5.41) is 2.34. The van der Waals surface area contributed by atoms with Gasteiger partial charge in [-0.3, -0.25) is 4.84 Å². The van der Waals surface area contributed by atoms with Crippen molar-refractivity contribution >= 4 is 0 Å². The third-order valence-electron chi connectivity index (χ3n) is 9.08. The maximum atomic E-state index is 6.44. The van der Waals surface area contributed by atoms with E-state index in [2.05, 4.69) is 87.9 Å². The van der Waals surface area contributed by atoms with Crippen LogP contribution < -0.4 is 4.74 Å². The fraction of sp³-hybridized carbons (Fsp3) is 0.556. The van der Waals surface area contributed by atoms with Crippen molar-refractivity contribution in [3.8, 4) is 16.9 Å². The quantitative estimate of drug-likeness (QED) is 0.214. The van der Waals surface area contributed by atoms with Crippen LogP contribution in [-0.4, -0.2) is 29.9 Å². The van der Waals surface area contributed by atoms with Crippen LogP contribution in [0.25, 0.3) is 11.1 Å². The van der Waals surface area contributed by atoms with E-state index in [4.69, 9.17) is 9.57 Å². The van der Waals surface area contributed by atoms with Gasteiger partial charge in [0.15, 0.2) is 0 Å². The minimum Gasteiger partial charge on any atom is -0.497 e. The second-order valence-electron chi connectivity index (χ2n) is 13.0. The number of ether oxygens (including phenoxy) is 1. The van der Waals surface area contributed by atoms with Crippen molar-refractivity contribution in [3.63, 3.8) is 0 Å². The van der Waals surface area contributed by atoms with E-state index in [1.54, 1.807) is 7.11 Å². The first kappa shape index (κ1) is 29.6. The number of methoxy groups -OCH3 is 1. The van der Waals surface area contributed by atoms with E-state index in [0.717, 1.165) is 43.5 Å². The topological polar surface area (TPSA) is 21.7 Å². The van der Waals surface area contributed by atoms with Crippen molar-refractivity contribution in [2.45, 2.75) is 102 Å². The third-order valence-corrected chi connectivity index (χ3v) is 9.08. The average Bonchev–Trinajstić information content (AvgIpc) is 2.93. The van der Waals surface area contributed by atoms with E-state index in [1.807, 2.05) is 18.2 Å². The summed E-state index contributed by atoms with van der Waals surface area (Å²) >= 11 is 0. The highest BCUT2D eigenvalue weighted by Crippen LogP contribution is 2.49. The van der Waals surface area contributed by atoms with Gasteiger partial charge in [0.05, 0.1) is 13.7 Å². The molecule has 0 bridgehead atoms. The van der Waals surface area contributed by atoms with Crippen molar-refractivity contribution < 1.29 is 9.57 Å². The fourth-order valence-corrected chi connectivity index (χ4v) is 7.34. The molecule has 212 valence electrons. The summed E-state index contributed by atoms with van der Waals surface area (Å²) in [6, 6.07) is 17.7. The van der Waals surface area contributed by atoms with Gasteiger partial charge in [-0.1, -0.05) is 54.6 Å². The molecular weight excluding hydrogens is 478 g/mol. The molecule has 0 unspecified atom stereocenters. The molecule has 1 saturated carbocycles. The van der Waals surface area contributed by atoms with Gasteiger partial charge >= 0.3 is 0 Å². The zero-order valence-electron chi connectivity index (χ0n) is 25.1. The predicted octanol–water partition coefficient (Wildman–Crippen LogP) is 9.75. The summed E-state index contributed by atoms with van der Waals surface area (Å²) < 4.78 is 5.30. The van der Waals surface area contributed by atoms with Crippen LogP contribution in [0.2, 0.25) is 0 Å². The number of hydrogen-bond acceptors (Lipinski definition) is 3. The molecule has 39 heavy (non-hydrogen) atoms. The summed E-state index contributed by atoms with van der Waals surface area (Å²) in [5.41, 5.74) is 4.12. The normalized spacial score (nSPS) is 23.6. The summed E-state index contributed by atoms with van der Waals surface area (Å²) in [6.45, 7) is 14.1. The Morgan fingerprint density at radius 3 is 1.90 bits per heavy atom. The van der Waals surface area contributed by atoms with Gasteiger partial charge in [0, 0.05) is 11.1 Å². The van der Waals surface area contributed by atoms with E-state index in [0.29, 0.717) is 5.92 Å². The molecule has 4 rings (SSSR count). The molecule has 1 saturated heterocycles. The molecule has 0 spiro atoms. The summed E-state index contributed by atoms with van der Waals surface area (Å²) in [7, 11) is 1.71. The van der Waals surface area contributed by atoms with Crippen molar-refractivity contribution in [2.24, 2.45) is 11.8 Å². The van der Waals surface area contributed by atoms with Crippen LogP contribution in [0.1, 0.15) is 97.0 Å². The molecule has 1 aliphatic carbocycles. The van der Waals surface area contributed by atoms with Gasteiger partial charge in [-0.2, -0.15) is 5.06 Å². The molecule has 0 amide bonds. The van der Waals surface area contributed by atoms with Gasteiger partial charge in [0.2, 0.25) is 0 Å². The zero-order valence-corrected chi connectivity index (χ0v) is 25.1. The lowest BCUT2D eigenvalue weighted by atomic mass is 9.65. The molecule has 2 aliphatic rings. The molecule has 0 aromatic heterocycles. The number of hydrogen-bond donors (Lipinski definition) is 0. The number of nitrogens with zero attached hydrogens (tertiary/aromatic N) is 1. The van der Waals surface area contributed by atoms with Crippen LogP contribution in [0, 0.1) is 11.8 Å². The lowest BCUT2D eigenvalue weighted by molar-refractivity contribution is -0.290. The number of rotatable bonds is 11. The smallest absolute Gasteiger partial charge is 0.118 e. The lowest BCUT2D eigenvalue weighted by Gasteiger charge is -2.55. The van der Waals surface area contributed by atoms with Crippen molar-refractivity contribution in [2.75, 3.05) is 13.7 Å². The predicted molar refractivity (Wildman–Crippen MR) is 165 cm³/mol. The average molecular weight is 530 g/mol. The van der Waals surface area contributed by atoms with Gasteiger partial charge < -0.3 is 4.74 Å². The summed E-state index contributed by atoms with van der Waals surface area (Å²) in [6.07, 6.45) is 17.3. The molecule has 1 aliphatic heterocycles. The van der Waals surface area contributed by atoms with E-state index in [-0.39, 0.29) is 11.1 Å². The van der Waals surface area contributed by atoms with Gasteiger partial charge in [0.25, 0.3) is 0 Å². The van der Waals surface area contributed by atoms with E-state index >= 15 is 0 Å². The third kappa shape index (κ3) is 7.64. The van der Waals surface area contributed by atoms with Crippen molar-refractivity contribution in [1.82, 2.24) is 5.06 Å². The maximum Gasteiger partial charge on any atom is 0.118 e. The molecule has 2 fully saturated rings. The number of unbranched alkanes of at least 4 members (excludes halogenated alkanes) is 1. The van der Waals surface area contributed by atoms with Crippen LogP contribution in [0.4, 0.5) is 0 Å². The highest BCUT2D eigenvalue weighted by molar-refractivity contribution is 5.64. The zero-order chi connectivity index (χ0) is 27.9. The first-order valence-electron chi connectivity index (χ1n) is 15.2. The first-order valence-corrected chi connectivity index (χ1v) is 15.2. The minimum atomic E-state index is 0.0487. The standard InChI is InChI=1S/C36H51NO2/c1-7-8-9-10-11-12-25-39-37-35(2,3)26-33(27-36(37,4)5)32-19-17-29(18-20-32)28-13-15-30(16-14-28)31-21-23-34(38-6)24-22-31/h7,10-11,13-16,21-24,29,32-33H,1,8-9,12,17-20,25-27H2,2-6H3/b11-10-. The molecule has 0 N–H and O–H groups in total. The molecule has 3 heteroatoms. The van der Waals surface area contributed by atoms with E-state index in [9.17, 15) is 0 Å². The Hall–Kier alpha value is -2.36. The first-order chi connectivity index (χ1) is 18.7. The van der Waals surface area contributed by atoms with E-state index in [1.165, 1.54) is 55.2 Å². The van der Waals surface area contributed by atoms with Crippen molar-refractivity contribution in [3.05, 3.63) is 78.9 Å². The highest BCUT2D eigenvalue weighted by Gasteiger charge is 2.48. The van der Waals surface area contributed by atoms with Crippen LogP contribution in [-0.2, 0) is 4.84 Å². The second-order valence-corrected chi connectivity index (χ2v) is 13.0. The largest absolute Gasteiger partial charge is 0.497 e. The Labute approximate surface area is 238 Å². The fourth-order valence-electron chi connectivity index (χ4n) is 7.34.